The minimum Gasteiger partial charge on any atom is -0.479 e. The second kappa shape index (κ2) is 9.19. The Balaban J connectivity index is 2.23. The molecule has 31 heavy (non-hydrogen) atoms. The summed E-state index contributed by atoms with van der Waals surface area (Å²) in [6.07, 6.45) is -1.24. The largest absolute Gasteiger partial charge is 0.479 e. The molecule has 1 atom stereocenters. The summed E-state index contributed by atoms with van der Waals surface area (Å²) in [6, 6.07) is 12.4. The quantitative estimate of drug-likeness (QED) is 0.489. The Morgan fingerprint density at radius 1 is 0.839 bits per heavy atom. The number of carbonyl (C=O) groups is 3. The van der Waals surface area contributed by atoms with Crippen molar-refractivity contribution in [3.8, 4) is 0 Å². The van der Waals surface area contributed by atoms with Crippen LogP contribution in [0.15, 0.2) is 42.5 Å². The molecule has 0 aliphatic heterocycles. The van der Waals surface area contributed by atoms with Gasteiger partial charge in [-0.15, -0.1) is 0 Å². The fraction of sp³-hybridized carbons (Fsp3) is 0.348. The smallest absolute Gasteiger partial charge is 0.344 e. The fourth-order valence-electron chi connectivity index (χ4n) is 2.81. The van der Waals surface area contributed by atoms with Crippen LogP contribution in [0.5, 0.6) is 0 Å². The highest BCUT2D eigenvalue weighted by molar-refractivity contribution is 6.91. The van der Waals surface area contributed by atoms with E-state index in [2.05, 4.69) is 62.8 Å². The molecule has 8 heteroatoms. The summed E-state index contributed by atoms with van der Waals surface area (Å²) < 4.78 is 4.85. The van der Waals surface area contributed by atoms with E-state index < -0.39 is 34.2 Å². The summed E-state index contributed by atoms with van der Waals surface area (Å²) in [5.74, 6) is -2.24. The third-order valence-electron chi connectivity index (χ3n) is 4.94. The molecule has 0 fully saturated rings. The first-order chi connectivity index (χ1) is 14.2. The number of carboxylic acid groups (broad SMARTS) is 1. The first-order valence-electron chi connectivity index (χ1n) is 10.2. The minimum atomic E-state index is -1.57. The summed E-state index contributed by atoms with van der Waals surface area (Å²) in [5.41, 5.74) is 1.36. The first-order valence-corrected chi connectivity index (χ1v) is 17.2. The van der Waals surface area contributed by atoms with Crippen LogP contribution in [0.3, 0.4) is 0 Å². The lowest BCUT2D eigenvalue weighted by Gasteiger charge is -2.24. The zero-order chi connectivity index (χ0) is 23.6. The predicted molar refractivity (Wildman–Crippen MR) is 129 cm³/mol. The number of rotatable bonds is 7. The zero-order valence-electron chi connectivity index (χ0n) is 19.2. The van der Waals surface area contributed by atoms with Gasteiger partial charge in [-0.1, -0.05) is 55.7 Å². The molecule has 0 aliphatic rings. The lowest BCUT2D eigenvalue weighted by molar-refractivity contribution is -0.146. The Kier molecular flexibility index (Phi) is 7.28. The fourth-order valence-corrected chi connectivity index (χ4v) is 5.30. The number of aliphatic carboxylic acids is 1. The number of benzene rings is 2. The topological polar surface area (TPSA) is 92.7 Å². The van der Waals surface area contributed by atoms with Gasteiger partial charge in [0.25, 0.3) is 5.91 Å². The molecule has 0 saturated carbocycles. The summed E-state index contributed by atoms with van der Waals surface area (Å²) in [7, 11) is -3.14. The number of esters is 1. The van der Waals surface area contributed by atoms with E-state index in [0.717, 1.165) is 5.69 Å². The number of ether oxygens (including phenoxy) is 1. The van der Waals surface area contributed by atoms with Gasteiger partial charge in [-0.25, -0.2) is 9.59 Å². The molecule has 1 amide bonds. The molecule has 0 heterocycles. The molecule has 2 N–H and O–H groups in total. The van der Waals surface area contributed by atoms with Crippen molar-refractivity contribution in [2.24, 2.45) is 0 Å². The van der Waals surface area contributed by atoms with Crippen LogP contribution in [0.25, 0.3) is 0 Å². The van der Waals surface area contributed by atoms with Gasteiger partial charge in [-0.05, 0) is 43.3 Å². The number of carbonyl (C=O) groups excluding carboxylic acids is 2. The first kappa shape index (κ1) is 24.6. The molecule has 2 rings (SSSR count). The van der Waals surface area contributed by atoms with Crippen LogP contribution in [0, 0.1) is 0 Å². The van der Waals surface area contributed by atoms with Crippen LogP contribution in [-0.2, 0) is 9.53 Å². The van der Waals surface area contributed by atoms with Gasteiger partial charge in [-0.3, -0.25) is 4.79 Å². The molecule has 0 bridgehead atoms. The molecule has 2 aromatic carbocycles. The van der Waals surface area contributed by atoms with Gasteiger partial charge in [-0.2, -0.15) is 0 Å². The van der Waals surface area contributed by atoms with Crippen LogP contribution in [-0.4, -0.2) is 45.2 Å². The van der Waals surface area contributed by atoms with E-state index >= 15 is 0 Å². The lowest BCUT2D eigenvalue weighted by atomic mass is 10.1. The van der Waals surface area contributed by atoms with E-state index in [-0.39, 0.29) is 11.5 Å². The van der Waals surface area contributed by atoms with Crippen molar-refractivity contribution in [2.45, 2.75) is 52.3 Å². The van der Waals surface area contributed by atoms with Crippen molar-refractivity contribution in [2.75, 3.05) is 5.32 Å². The molecule has 0 spiro atoms. The zero-order valence-corrected chi connectivity index (χ0v) is 21.2. The summed E-state index contributed by atoms with van der Waals surface area (Å²) in [4.78, 5) is 35.6. The van der Waals surface area contributed by atoms with Gasteiger partial charge in [0, 0.05) is 11.3 Å². The highest BCUT2D eigenvalue weighted by atomic mass is 28.3. The second-order valence-electron chi connectivity index (χ2n) is 9.72. The average Bonchev–Trinajstić information content (AvgIpc) is 2.66. The van der Waals surface area contributed by atoms with Crippen molar-refractivity contribution in [3.63, 3.8) is 0 Å². The van der Waals surface area contributed by atoms with E-state index in [0.29, 0.717) is 5.56 Å². The Morgan fingerprint density at radius 3 is 1.71 bits per heavy atom. The van der Waals surface area contributed by atoms with Crippen molar-refractivity contribution < 1.29 is 24.2 Å². The Morgan fingerprint density at radius 2 is 1.29 bits per heavy atom. The molecule has 1 unspecified atom stereocenters. The number of nitrogens with one attached hydrogen (secondary N) is 1. The Bertz CT molecular complexity index is 956. The second-order valence-corrected chi connectivity index (χ2v) is 19.9. The van der Waals surface area contributed by atoms with E-state index in [1.807, 2.05) is 0 Å². The molecule has 0 aromatic heterocycles. The number of hydrogen-bond donors (Lipinski definition) is 2. The standard InChI is InChI=1S/C23H31NO5Si2/c1-15(22(26)27)29-23(28)17-10-8-16(9-11-17)21(25)24-18-12-19(30(2,3)4)14-20(13-18)31(5,6)7/h8-15H,1-7H3,(H,24,25)(H,26,27). The minimum absolute atomic E-state index is 0.186. The van der Waals surface area contributed by atoms with Crippen molar-refractivity contribution >= 4 is 50.1 Å². The number of carboxylic acids is 1. The van der Waals surface area contributed by atoms with Gasteiger partial charge in [0.05, 0.1) is 21.7 Å². The van der Waals surface area contributed by atoms with Crippen molar-refractivity contribution in [3.05, 3.63) is 53.6 Å². The van der Waals surface area contributed by atoms with Gasteiger partial charge in [0.15, 0.2) is 6.10 Å². The van der Waals surface area contributed by atoms with Gasteiger partial charge >= 0.3 is 11.9 Å². The molecule has 2 aromatic rings. The number of anilines is 1. The molecule has 6 nitrogen and oxygen atoms in total. The summed E-state index contributed by atoms with van der Waals surface area (Å²) in [6.45, 7) is 15.0. The van der Waals surface area contributed by atoms with Gasteiger partial charge in [0.2, 0.25) is 0 Å². The van der Waals surface area contributed by atoms with Crippen LogP contribution in [0.2, 0.25) is 39.3 Å². The van der Waals surface area contributed by atoms with Crippen molar-refractivity contribution in [1.29, 1.82) is 0 Å². The van der Waals surface area contributed by atoms with E-state index in [1.54, 1.807) is 0 Å². The molecule has 0 radical (unpaired) electrons. The molecular weight excluding hydrogens is 426 g/mol. The van der Waals surface area contributed by atoms with Crippen LogP contribution < -0.4 is 15.7 Å². The van der Waals surface area contributed by atoms with Crippen LogP contribution >= 0.6 is 0 Å². The Hall–Kier alpha value is -2.72. The van der Waals surface area contributed by atoms with E-state index in [1.165, 1.54) is 41.6 Å². The van der Waals surface area contributed by atoms with Gasteiger partial charge < -0.3 is 15.2 Å². The average molecular weight is 458 g/mol. The van der Waals surface area contributed by atoms with E-state index in [4.69, 9.17) is 9.84 Å². The highest BCUT2D eigenvalue weighted by Gasteiger charge is 2.23. The molecule has 0 saturated heterocycles. The third kappa shape index (κ3) is 6.63. The Labute approximate surface area is 185 Å². The lowest BCUT2D eigenvalue weighted by Crippen LogP contribution is -2.45. The van der Waals surface area contributed by atoms with Crippen molar-refractivity contribution in [1.82, 2.24) is 0 Å². The predicted octanol–water partition coefficient (Wildman–Crippen LogP) is 3.66. The maximum atomic E-state index is 12.8. The number of amides is 1. The third-order valence-corrected chi connectivity index (χ3v) is 8.98. The maximum absolute atomic E-state index is 12.8. The van der Waals surface area contributed by atoms with E-state index in [9.17, 15) is 14.4 Å². The molecule has 0 aliphatic carbocycles. The van der Waals surface area contributed by atoms with Crippen LogP contribution in [0.1, 0.15) is 27.6 Å². The van der Waals surface area contributed by atoms with Gasteiger partial charge in [0.1, 0.15) is 0 Å². The normalized spacial score (nSPS) is 12.7. The SMILES string of the molecule is CC(OC(=O)c1ccc(C(=O)Nc2cc([Si](C)(C)C)cc([Si](C)(C)C)c2)cc1)C(=O)O. The summed E-state index contributed by atoms with van der Waals surface area (Å²) in [5, 5.41) is 14.4. The molecular formula is C23H31NO5Si2. The maximum Gasteiger partial charge on any atom is 0.344 e. The van der Waals surface area contributed by atoms with Crippen LogP contribution in [0.4, 0.5) is 5.69 Å². The summed E-state index contributed by atoms with van der Waals surface area (Å²) >= 11 is 0. The number of hydrogen-bond acceptors (Lipinski definition) is 4. The monoisotopic (exact) mass is 457 g/mol. The highest BCUT2D eigenvalue weighted by Crippen LogP contribution is 2.14. The molecule has 166 valence electrons.